The van der Waals surface area contributed by atoms with Gasteiger partial charge in [-0.2, -0.15) is 14.8 Å². The molecule has 3 rings (SSSR count). The Morgan fingerprint density at radius 3 is 2.70 bits per heavy atom. The Morgan fingerprint density at radius 1 is 1.30 bits per heavy atom. The minimum Gasteiger partial charge on any atom is -0.387 e. The monoisotopic (exact) mass is 416 g/mol. The first-order valence-electron chi connectivity index (χ1n) is 9.44. The molecule has 10 nitrogen and oxygen atoms in total. The van der Waals surface area contributed by atoms with Gasteiger partial charge >= 0.3 is 0 Å². The number of aliphatic hydroxyl groups is 1. The molecule has 0 saturated heterocycles. The number of pyridine rings is 1. The van der Waals surface area contributed by atoms with Crippen LogP contribution >= 0.6 is 0 Å². The SMILES string of the molecule is CC(C)Nc1cc(-n2ncc3cnc(N)nc32)ncc1C(=O)NCC(F)C(C)(C)O. The number of anilines is 2. The van der Waals surface area contributed by atoms with Crippen LogP contribution in [0.25, 0.3) is 16.9 Å². The fraction of sp³-hybridized carbons (Fsp3) is 0.421. The minimum absolute atomic E-state index is 0.0180. The van der Waals surface area contributed by atoms with Gasteiger partial charge in [0.15, 0.2) is 11.5 Å². The van der Waals surface area contributed by atoms with Gasteiger partial charge < -0.3 is 21.5 Å². The number of rotatable bonds is 7. The van der Waals surface area contributed by atoms with Gasteiger partial charge in [0.1, 0.15) is 6.17 Å². The van der Waals surface area contributed by atoms with Crippen molar-refractivity contribution in [1.29, 1.82) is 0 Å². The van der Waals surface area contributed by atoms with Crippen LogP contribution in [0.5, 0.6) is 0 Å². The molecule has 0 aromatic carbocycles. The first-order chi connectivity index (χ1) is 14.1. The maximum atomic E-state index is 14.0. The van der Waals surface area contributed by atoms with Crippen molar-refractivity contribution in [3.05, 3.63) is 30.2 Å². The van der Waals surface area contributed by atoms with Gasteiger partial charge in [-0.1, -0.05) is 0 Å². The molecule has 0 spiro atoms. The van der Waals surface area contributed by atoms with Crippen molar-refractivity contribution in [3.63, 3.8) is 0 Å². The van der Waals surface area contributed by atoms with Gasteiger partial charge in [0.25, 0.3) is 5.91 Å². The average Bonchev–Trinajstić information content (AvgIpc) is 3.07. The number of fused-ring (bicyclic) bond motifs is 1. The molecule has 0 aliphatic heterocycles. The first kappa shape index (κ1) is 21.4. The summed E-state index contributed by atoms with van der Waals surface area (Å²) < 4.78 is 15.5. The molecule has 3 heterocycles. The van der Waals surface area contributed by atoms with E-state index >= 15 is 0 Å². The van der Waals surface area contributed by atoms with Gasteiger partial charge in [-0.3, -0.25) is 4.79 Å². The predicted molar refractivity (Wildman–Crippen MR) is 111 cm³/mol. The summed E-state index contributed by atoms with van der Waals surface area (Å²) in [6.07, 6.45) is 2.91. The van der Waals surface area contributed by atoms with E-state index in [1.54, 1.807) is 18.5 Å². The Kier molecular flexibility index (Phi) is 5.83. The molecule has 0 aliphatic carbocycles. The van der Waals surface area contributed by atoms with Gasteiger partial charge in [-0.05, 0) is 27.7 Å². The van der Waals surface area contributed by atoms with Gasteiger partial charge in [-0.25, -0.2) is 14.4 Å². The number of nitrogen functional groups attached to an aromatic ring is 1. The molecule has 0 radical (unpaired) electrons. The third kappa shape index (κ3) is 4.62. The number of halogens is 1. The Labute approximate surface area is 172 Å². The zero-order valence-corrected chi connectivity index (χ0v) is 17.2. The molecular weight excluding hydrogens is 391 g/mol. The lowest BCUT2D eigenvalue weighted by Gasteiger charge is -2.23. The highest BCUT2D eigenvalue weighted by molar-refractivity contribution is 5.99. The number of hydrogen-bond acceptors (Lipinski definition) is 8. The topological polar surface area (TPSA) is 144 Å². The van der Waals surface area contributed by atoms with Crippen molar-refractivity contribution in [2.24, 2.45) is 0 Å². The number of nitrogens with zero attached hydrogens (tertiary/aromatic N) is 5. The normalized spacial score (nSPS) is 12.9. The summed E-state index contributed by atoms with van der Waals surface area (Å²) in [5.74, 6) is 0.0111. The Morgan fingerprint density at radius 2 is 2.03 bits per heavy atom. The third-order valence-corrected chi connectivity index (χ3v) is 4.33. The van der Waals surface area contributed by atoms with E-state index in [1.807, 2.05) is 13.8 Å². The highest BCUT2D eigenvalue weighted by Crippen LogP contribution is 2.22. The highest BCUT2D eigenvalue weighted by atomic mass is 19.1. The number of nitrogens with two attached hydrogens (primary N) is 1. The molecule has 0 fully saturated rings. The lowest BCUT2D eigenvalue weighted by atomic mass is 10.0. The van der Waals surface area contributed by atoms with Crippen LogP contribution in [0.15, 0.2) is 24.7 Å². The molecule has 1 amide bonds. The summed E-state index contributed by atoms with van der Waals surface area (Å²) in [7, 11) is 0. The van der Waals surface area contributed by atoms with Crippen LogP contribution in [0, 0.1) is 0 Å². The third-order valence-electron chi connectivity index (χ3n) is 4.33. The van der Waals surface area contributed by atoms with Crippen molar-refractivity contribution < 1.29 is 14.3 Å². The van der Waals surface area contributed by atoms with E-state index in [9.17, 15) is 14.3 Å². The molecule has 3 aromatic heterocycles. The molecule has 5 N–H and O–H groups in total. The van der Waals surface area contributed by atoms with E-state index in [1.165, 1.54) is 24.7 Å². The van der Waals surface area contributed by atoms with E-state index in [0.717, 1.165) is 0 Å². The first-order valence-corrected chi connectivity index (χ1v) is 9.44. The van der Waals surface area contributed by atoms with E-state index in [4.69, 9.17) is 5.73 Å². The fourth-order valence-electron chi connectivity index (χ4n) is 2.70. The Balaban J connectivity index is 1.93. The molecule has 3 aromatic rings. The summed E-state index contributed by atoms with van der Waals surface area (Å²) in [6.45, 7) is 6.20. The maximum absolute atomic E-state index is 14.0. The molecule has 160 valence electrons. The molecule has 0 aliphatic rings. The predicted octanol–water partition coefficient (Wildman–Crippen LogP) is 1.45. The lowest BCUT2D eigenvalue weighted by molar-refractivity contribution is -0.00177. The largest absolute Gasteiger partial charge is 0.387 e. The number of alkyl halides is 1. The van der Waals surface area contributed by atoms with E-state index in [-0.39, 0.29) is 24.1 Å². The van der Waals surface area contributed by atoms with Crippen molar-refractivity contribution in [3.8, 4) is 5.82 Å². The van der Waals surface area contributed by atoms with Crippen LogP contribution in [0.3, 0.4) is 0 Å². The van der Waals surface area contributed by atoms with Crippen molar-refractivity contribution in [1.82, 2.24) is 30.0 Å². The number of aromatic nitrogens is 5. The summed E-state index contributed by atoms with van der Waals surface area (Å²) in [4.78, 5) is 25.1. The van der Waals surface area contributed by atoms with Crippen LogP contribution in [-0.4, -0.2) is 60.1 Å². The Hall–Kier alpha value is -3.34. The number of carbonyl (C=O) groups is 1. The number of nitrogens with one attached hydrogen (secondary N) is 2. The van der Waals surface area contributed by atoms with Crippen molar-refractivity contribution >= 4 is 28.6 Å². The molecule has 1 unspecified atom stereocenters. The summed E-state index contributed by atoms with van der Waals surface area (Å²) in [5, 5.41) is 20.4. The van der Waals surface area contributed by atoms with Crippen molar-refractivity contribution in [2.45, 2.75) is 45.5 Å². The van der Waals surface area contributed by atoms with Crippen LogP contribution in [0.2, 0.25) is 0 Å². The zero-order valence-electron chi connectivity index (χ0n) is 17.2. The second-order valence-corrected chi connectivity index (χ2v) is 7.78. The second kappa shape index (κ2) is 8.19. The lowest BCUT2D eigenvalue weighted by Crippen LogP contribution is -2.42. The molecule has 1 atom stereocenters. The summed E-state index contributed by atoms with van der Waals surface area (Å²) >= 11 is 0. The maximum Gasteiger partial charge on any atom is 0.255 e. The fourth-order valence-corrected chi connectivity index (χ4v) is 2.70. The molecule has 30 heavy (non-hydrogen) atoms. The van der Waals surface area contributed by atoms with Crippen LogP contribution < -0.4 is 16.4 Å². The highest BCUT2D eigenvalue weighted by Gasteiger charge is 2.27. The van der Waals surface area contributed by atoms with Gasteiger partial charge in [0, 0.05) is 24.5 Å². The van der Waals surface area contributed by atoms with E-state index in [2.05, 4.69) is 30.7 Å². The van der Waals surface area contributed by atoms with Crippen LogP contribution in [0.1, 0.15) is 38.1 Å². The van der Waals surface area contributed by atoms with Crippen molar-refractivity contribution in [2.75, 3.05) is 17.6 Å². The van der Waals surface area contributed by atoms with E-state index < -0.39 is 17.7 Å². The van der Waals surface area contributed by atoms with Crippen LogP contribution in [0.4, 0.5) is 16.0 Å². The number of hydrogen-bond donors (Lipinski definition) is 4. The number of carbonyl (C=O) groups excluding carboxylic acids is 1. The smallest absolute Gasteiger partial charge is 0.255 e. The molecule has 0 bridgehead atoms. The summed E-state index contributed by atoms with van der Waals surface area (Å²) in [5.41, 5.74) is 5.34. The zero-order chi connectivity index (χ0) is 22.1. The van der Waals surface area contributed by atoms with Crippen LogP contribution in [-0.2, 0) is 0 Å². The van der Waals surface area contributed by atoms with Gasteiger partial charge in [-0.15, -0.1) is 0 Å². The molecule has 0 saturated carbocycles. The van der Waals surface area contributed by atoms with Gasteiger partial charge in [0.2, 0.25) is 5.95 Å². The second-order valence-electron chi connectivity index (χ2n) is 7.78. The van der Waals surface area contributed by atoms with Gasteiger partial charge in [0.05, 0.1) is 35.0 Å². The minimum atomic E-state index is -1.62. The Bertz CT molecular complexity index is 1060. The molecule has 11 heteroatoms. The van der Waals surface area contributed by atoms with E-state index in [0.29, 0.717) is 22.5 Å². The number of amides is 1. The summed E-state index contributed by atoms with van der Waals surface area (Å²) in [6, 6.07) is 1.67. The average molecular weight is 416 g/mol. The quantitative estimate of drug-likeness (QED) is 0.453. The standard InChI is InChI=1S/C19H25FN8O2/c1-10(2)26-13-5-15(28-16-11(7-25-28)6-24-18(21)27-16)22-8-12(13)17(29)23-9-14(20)19(3,4)30/h5-8,10,14,30H,9H2,1-4H3,(H,22,26)(H,23,29)(H2,21,24,27). The molecular formula is C19H25FN8O2.